The molecule has 0 radical (unpaired) electrons. The van der Waals surface area contributed by atoms with E-state index in [1.807, 2.05) is 11.8 Å². The van der Waals surface area contributed by atoms with E-state index in [0.717, 1.165) is 13.0 Å². The molecule has 2 rings (SSSR count). The van der Waals surface area contributed by atoms with Crippen molar-refractivity contribution in [3.05, 3.63) is 18.2 Å². The molecule has 2 unspecified atom stereocenters. The summed E-state index contributed by atoms with van der Waals surface area (Å²) in [7, 11) is -0.495. The monoisotopic (exact) mass is 313 g/mol. The van der Waals surface area contributed by atoms with Gasteiger partial charge in [-0.3, -0.25) is 0 Å². The molecular weight excluding hydrogens is 290 g/mol. The van der Waals surface area contributed by atoms with Crippen LogP contribution in [0.1, 0.15) is 13.3 Å². The topological polar surface area (TPSA) is 86.9 Å². The average molecular weight is 313 g/mol. The predicted octanol–water partition coefficient (Wildman–Crippen LogP) is 0.726. The molecule has 0 amide bonds. The van der Waals surface area contributed by atoms with Gasteiger partial charge in [0.1, 0.15) is 0 Å². The average Bonchev–Trinajstić information content (AvgIpc) is 2.42. The van der Waals surface area contributed by atoms with Crippen LogP contribution in [0.2, 0.25) is 0 Å². The summed E-state index contributed by atoms with van der Waals surface area (Å²) in [6.45, 7) is 3.24. The van der Waals surface area contributed by atoms with Crippen LogP contribution >= 0.6 is 0 Å². The van der Waals surface area contributed by atoms with Crippen LogP contribution in [0.4, 0.5) is 11.4 Å². The molecule has 0 bridgehead atoms. The molecular formula is C14H23N3O3S. The smallest absolute Gasteiger partial charge is 0.242 e. The van der Waals surface area contributed by atoms with Crippen LogP contribution in [0, 0.1) is 5.92 Å². The van der Waals surface area contributed by atoms with Crippen molar-refractivity contribution in [1.29, 1.82) is 0 Å². The van der Waals surface area contributed by atoms with E-state index >= 15 is 0 Å². The Labute approximate surface area is 126 Å². The summed E-state index contributed by atoms with van der Waals surface area (Å²) in [5, 5.41) is 10.0. The van der Waals surface area contributed by atoms with Gasteiger partial charge in [0.15, 0.2) is 0 Å². The minimum atomic E-state index is -3.49. The van der Waals surface area contributed by atoms with Gasteiger partial charge in [-0.2, -0.15) is 0 Å². The summed E-state index contributed by atoms with van der Waals surface area (Å²) in [5.74, 6) is 0.246. The number of benzene rings is 1. The number of sulfonamides is 1. The summed E-state index contributed by atoms with van der Waals surface area (Å²) in [6, 6.07) is 4.71. The van der Waals surface area contributed by atoms with Crippen LogP contribution in [-0.2, 0) is 10.0 Å². The molecule has 0 aromatic heterocycles. The molecule has 1 aromatic carbocycles. The lowest BCUT2D eigenvalue weighted by Crippen LogP contribution is -2.43. The third-order valence-electron chi connectivity index (χ3n) is 4.04. The molecule has 118 valence electrons. The zero-order valence-corrected chi connectivity index (χ0v) is 13.5. The molecule has 0 saturated carbocycles. The van der Waals surface area contributed by atoms with Gasteiger partial charge in [-0.25, -0.2) is 12.7 Å². The number of aliphatic hydroxyl groups excluding tert-OH is 1. The number of aliphatic hydroxyl groups is 1. The minimum Gasteiger partial charge on any atom is -0.397 e. The summed E-state index contributed by atoms with van der Waals surface area (Å²) in [4.78, 5) is 2.17. The molecule has 3 N–H and O–H groups in total. The second-order valence-electron chi connectivity index (χ2n) is 5.79. The summed E-state index contributed by atoms with van der Waals surface area (Å²) in [6.07, 6.45) is 0.429. The van der Waals surface area contributed by atoms with Crippen LogP contribution in [0.15, 0.2) is 23.1 Å². The highest BCUT2D eigenvalue weighted by atomic mass is 32.2. The number of rotatable bonds is 3. The molecule has 6 nitrogen and oxygen atoms in total. The molecule has 21 heavy (non-hydrogen) atoms. The lowest BCUT2D eigenvalue weighted by molar-refractivity contribution is 0.103. The molecule has 1 saturated heterocycles. The van der Waals surface area contributed by atoms with Crippen molar-refractivity contribution in [1.82, 2.24) is 4.31 Å². The Morgan fingerprint density at radius 3 is 2.62 bits per heavy atom. The highest BCUT2D eigenvalue weighted by Gasteiger charge is 2.27. The van der Waals surface area contributed by atoms with E-state index in [4.69, 9.17) is 5.73 Å². The third-order valence-corrected chi connectivity index (χ3v) is 5.85. The van der Waals surface area contributed by atoms with Crippen LogP contribution in [0.25, 0.3) is 0 Å². The molecule has 0 spiro atoms. The van der Waals surface area contributed by atoms with Gasteiger partial charge in [0, 0.05) is 27.2 Å². The molecule has 7 heteroatoms. The fourth-order valence-corrected chi connectivity index (χ4v) is 3.36. The van der Waals surface area contributed by atoms with Crippen molar-refractivity contribution in [2.75, 3.05) is 37.8 Å². The summed E-state index contributed by atoms with van der Waals surface area (Å²) in [5.41, 5.74) is 7.18. The summed E-state index contributed by atoms with van der Waals surface area (Å²) >= 11 is 0. The lowest BCUT2D eigenvalue weighted by atomic mass is 9.95. The van der Waals surface area contributed by atoms with Crippen molar-refractivity contribution >= 4 is 21.4 Å². The minimum absolute atomic E-state index is 0.213. The predicted molar refractivity (Wildman–Crippen MR) is 83.7 cm³/mol. The first kappa shape index (κ1) is 16.1. The quantitative estimate of drug-likeness (QED) is 0.803. The maximum Gasteiger partial charge on any atom is 0.242 e. The fourth-order valence-electron chi connectivity index (χ4n) is 2.44. The van der Waals surface area contributed by atoms with Crippen LogP contribution < -0.4 is 10.6 Å². The standard InChI is InChI=1S/C14H23N3O3S/c1-10-6-7-17(9-14(10)18)13-8-11(4-5-12(13)15)21(19,20)16(2)3/h4-5,8,10,14,18H,6-7,9,15H2,1-3H3. The lowest BCUT2D eigenvalue weighted by Gasteiger charge is -2.36. The Morgan fingerprint density at radius 1 is 1.38 bits per heavy atom. The molecule has 1 aliphatic heterocycles. The van der Waals surface area contributed by atoms with Gasteiger partial charge in [0.25, 0.3) is 0 Å². The van der Waals surface area contributed by atoms with Crippen molar-refractivity contribution in [2.45, 2.75) is 24.3 Å². The maximum absolute atomic E-state index is 12.2. The largest absolute Gasteiger partial charge is 0.397 e. The Hall–Kier alpha value is -1.31. The number of anilines is 2. The first-order chi connectivity index (χ1) is 9.73. The third kappa shape index (κ3) is 3.14. The molecule has 1 aliphatic rings. The van der Waals surface area contributed by atoms with E-state index in [1.54, 1.807) is 12.1 Å². The van der Waals surface area contributed by atoms with Crippen molar-refractivity contribution in [2.24, 2.45) is 5.92 Å². The van der Waals surface area contributed by atoms with Gasteiger partial charge in [-0.15, -0.1) is 0 Å². The van der Waals surface area contributed by atoms with E-state index in [9.17, 15) is 13.5 Å². The second-order valence-corrected chi connectivity index (χ2v) is 7.94. The van der Waals surface area contributed by atoms with Gasteiger partial charge >= 0.3 is 0 Å². The molecule has 1 heterocycles. The summed E-state index contributed by atoms with van der Waals surface area (Å²) < 4.78 is 25.6. The number of hydrogen-bond acceptors (Lipinski definition) is 5. The van der Waals surface area contributed by atoms with Crippen LogP contribution in [0.5, 0.6) is 0 Å². The highest BCUT2D eigenvalue weighted by Crippen LogP contribution is 2.31. The fraction of sp³-hybridized carbons (Fsp3) is 0.571. The number of piperidine rings is 1. The Balaban J connectivity index is 2.37. The van der Waals surface area contributed by atoms with Gasteiger partial charge < -0.3 is 15.7 Å². The van der Waals surface area contributed by atoms with Gasteiger partial charge in [0.05, 0.1) is 22.4 Å². The molecule has 2 atom stereocenters. The van der Waals surface area contributed by atoms with Gasteiger partial charge in [0.2, 0.25) is 10.0 Å². The Kier molecular flexibility index (Phi) is 4.46. The normalized spacial score (nSPS) is 23.6. The SMILES string of the molecule is CC1CCN(c2cc(S(=O)(=O)N(C)C)ccc2N)CC1O. The van der Waals surface area contributed by atoms with Gasteiger partial charge in [-0.1, -0.05) is 6.92 Å². The zero-order chi connectivity index (χ0) is 15.8. The Bertz CT molecular complexity index is 616. The highest BCUT2D eigenvalue weighted by molar-refractivity contribution is 7.89. The van der Waals surface area contributed by atoms with Crippen molar-refractivity contribution in [3.63, 3.8) is 0 Å². The number of nitrogen functional groups attached to an aromatic ring is 1. The number of hydrogen-bond donors (Lipinski definition) is 2. The van der Waals surface area contributed by atoms with E-state index in [2.05, 4.69) is 0 Å². The first-order valence-electron chi connectivity index (χ1n) is 6.98. The molecule has 1 fully saturated rings. The van der Waals surface area contributed by atoms with E-state index in [-0.39, 0.29) is 10.8 Å². The molecule has 1 aromatic rings. The maximum atomic E-state index is 12.2. The van der Waals surface area contributed by atoms with E-state index in [1.165, 1.54) is 24.5 Å². The van der Waals surface area contributed by atoms with Crippen molar-refractivity contribution in [3.8, 4) is 0 Å². The Morgan fingerprint density at radius 2 is 2.05 bits per heavy atom. The van der Waals surface area contributed by atoms with Crippen molar-refractivity contribution < 1.29 is 13.5 Å². The van der Waals surface area contributed by atoms with Gasteiger partial charge in [-0.05, 0) is 30.5 Å². The number of nitrogens with two attached hydrogens (primary N) is 1. The number of β-amino-alcohol motifs (C(OH)–C–C–N with tert-alkyl or cyclic N) is 1. The zero-order valence-electron chi connectivity index (χ0n) is 12.7. The van der Waals surface area contributed by atoms with E-state index < -0.39 is 16.1 Å². The molecule has 0 aliphatic carbocycles. The second kappa shape index (κ2) is 5.82. The van der Waals surface area contributed by atoms with E-state index in [0.29, 0.717) is 17.9 Å². The van der Waals surface area contributed by atoms with Crippen LogP contribution in [0.3, 0.4) is 0 Å². The number of nitrogens with zero attached hydrogens (tertiary/aromatic N) is 2. The first-order valence-corrected chi connectivity index (χ1v) is 8.42. The van der Waals surface area contributed by atoms with Crippen LogP contribution in [-0.4, -0.2) is 51.1 Å².